The Hall–Kier alpha value is -1.34. The van der Waals surface area contributed by atoms with Gasteiger partial charge in [-0.05, 0) is 12.8 Å². The summed E-state index contributed by atoms with van der Waals surface area (Å²) in [6, 6.07) is 0. The van der Waals surface area contributed by atoms with Crippen molar-refractivity contribution in [3.63, 3.8) is 0 Å². The number of amides is 1. The van der Waals surface area contributed by atoms with Gasteiger partial charge in [0.15, 0.2) is 0 Å². The molecule has 0 bridgehead atoms. The average molecular weight is 268 g/mol. The Morgan fingerprint density at radius 2 is 2.00 bits per heavy atom. The van der Waals surface area contributed by atoms with Crippen LogP contribution in [-0.2, 0) is 25.6 Å². The van der Waals surface area contributed by atoms with Crippen LogP contribution in [0.2, 0.25) is 0 Å². The van der Waals surface area contributed by atoms with Gasteiger partial charge in [0.25, 0.3) is 11.3 Å². The first-order chi connectivity index (χ1) is 8.59. The lowest BCUT2D eigenvalue weighted by molar-refractivity contribution is -0.135. The third-order valence-electron chi connectivity index (χ3n) is 3.46. The van der Waals surface area contributed by atoms with E-state index in [1.165, 1.54) is 4.90 Å². The predicted octanol–water partition coefficient (Wildman–Crippen LogP) is -1.01. The average Bonchev–Trinajstić information content (AvgIpc) is 2.84. The summed E-state index contributed by atoms with van der Waals surface area (Å²) in [7, 11) is 0. The van der Waals surface area contributed by atoms with Gasteiger partial charge >= 0.3 is 5.12 Å². The van der Waals surface area contributed by atoms with Crippen molar-refractivity contribution in [1.82, 2.24) is 9.80 Å². The fourth-order valence-electron chi connectivity index (χ4n) is 2.47. The molecule has 3 aliphatic rings. The maximum absolute atomic E-state index is 12.2. The van der Waals surface area contributed by atoms with E-state index in [1.807, 2.05) is 0 Å². The Kier molecular flexibility index (Phi) is 2.67. The minimum atomic E-state index is -1.85. The molecule has 2 atom stereocenters. The first kappa shape index (κ1) is 11.7. The Labute approximate surface area is 107 Å². The zero-order valence-electron chi connectivity index (χ0n) is 9.63. The van der Waals surface area contributed by atoms with Crippen LogP contribution in [0.25, 0.3) is 0 Å². The molecule has 18 heavy (non-hydrogen) atoms. The lowest BCUT2D eigenvalue weighted by Crippen LogP contribution is -2.64. The summed E-state index contributed by atoms with van der Waals surface area (Å²) in [5.74, 6) is -0.462. The largest absolute Gasteiger partial charge is 0.607 e. The first-order valence-electron chi connectivity index (χ1n) is 5.84. The van der Waals surface area contributed by atoms with Gasteiger partial charge in [-0.2, -0.15) is 0 Å². The van der Waals surface area contributed by atoms with E-state index in [1.54, 1.807) is 4.90 Å². The molecule has 0 N–H and O–H groups in total. The number of Topliss-reactive ketones (excluding diaryl/α,β-unsaturated/α-hetero) is 1. The van der Waals surface area contributed by atoms with Crippen LogP contribution in [0.3, 0.4) is 0 Å². The van der Waals surface area contributed by atoms with E-state index in [0.717, 1.165) is 18.9 Å². The van der Waals surface area contributed by atoms with E-state index in [4.69, 9.17) is 0 Å². The lowest BCUT2D eigenvalue weighted by atomic mass is 10.1. The van der Waals surface area contributed by atoms with Crippen molar-refractivity contribution >= 4 is 28.0 Å². The molecule has 2 unspecified atom stereocenters. The van der Waals surface area contributed by atoms with Crippen LogP contribution in [0.1, 0.15) is 12.8 Å². The molecule has 0 spiro atoms. The standard InChI is InChI=1S/C11H12N2O4S/c14-8-6-13-7(5-9(15)18(17)11(8)13)10(16)12-3-1-2-4-12/h5,11H,1-4,6H2. The van der Waals surface area contributed by atoms with E-state index >= 15 is 0 Å². The van der Waals surface area contributed by atoms with E-state index in [-0.39, 0.29) is 23.9 Å². The van der Waals surface area contributed by atoms with Crippen molar-refractivity contribution < 1.29 is 18.9 Å². The molecule has 0 aromatic heterocycles. The highest BCUT2D eigenvalue weighted by atomic mass is 32.2. The van der Waals surface area contributed by atoms with Crippen LogP contribution in [0.4, 0.5) is 0 Å². The summed E-state index contributed by atoms with van der Waals surface area (Å²) in [6.45, 7) is 1.44. The van der Waals surface area contributed by atoms with Gasteiger partial charge in [-0.15, -0.1) is 0 Å². The zero-order valence-corrected chi connectivity index (χ0v) is 10.4. The summed E-state index contributed by atoms with van der Waals surface area (Å²) < 4.78 is 11.6. The molecule has 0 radical (unpaired) electrons. The van der Waals surface area contributed by atoms with Crippen molar-refractivity contribution in [3.8, 4) is 0 Å². The number of ketones is 1. The van der Waals surface area contributed by atoms with Crippen molar-refractivity contribution in [1.29, 1.82) is 0 Å². The van der Waals surface area contributed by atoms with Crippen LogP contribution < -0.4 is 0 Å². The highest BCUT2D eigenvalue weighted by Crippen LogP contribution is 2.31. The van der Waals surface area contributed by atoms with Gasteiger partial charge in [0.2, 0.25) is 5.78 Å². The molecule has 6 nitrogen and oxygen atoms in total. The smallest absolute Gasteiger partial charge is 0.357 e. The lowest BCUT2D eigenvalue weighted by Gasteiger charge is -2.42. The van der Waals surface area contributed by atoms with Gasteiger partial charge in [0, 0.05) is 13.1 Å². The SMILES string of the molecule is O=C1CN2C(C(=O)N3CCCC3)=CC(=O)[S+]([O-])C12. The Morgan fingerprint density at radius 3 is 2.61 bits per heavy atom. The van der Waals surface area contributed by atoms with Crippen molar-refractivity contribution in [2.75, 3.05) is 19.6 Å². The summed E-state index contributed by atoms with van der Waals surface area (Å²) in [4.78, 5) is 38.3. The molecule has 3 aliphatic heterocycles. The monoisotopic (exact) mass is 268 g/mol. The minimum Gasteiger partial charge on any atom is -0.607 e. The fourth-order valence-corrected chi connectivity index (χ4v) is 3.65. The van der Waals surface area contributed by atoms with Gasteiger partial charge < -0.3 is 14.4 Å². The molecule has 0 aromatic carbocycles. The normalized spacial score (nSPS) is 31.1. The van der Waals surface area contributed by atoms with E-state index in [2.05, 4.69) is 0 Å². The summed E-state index contributed by atoms with van der Waals surface area (Å²) in [5, 5.41) is -1.56. The number of hydrogen-bond acceptors (Lipinski definition) is 5. The zero-order chi connectivity index (χ0) is 12.9. The molecule has 3 heterocycles. The highest BCUT2D eigenvalue weighted by Gasteiger charge is 2.54. The van der Waals surface area contributed by atoms with Gasteiger partial charge in [0.1, 0.15) is 5.70 Å². The van der Waals surface area contributed by atoms with Gasteiger partial charge in [0.05, 0.1) is 23.8 Å². The van der Waals surface area contributed by atoms with E-state index in [9.17, 15) is 18.9 Å². The first-order valence-corrected chi connectivity index (χ1v) is 7.06. The number of rotatable bonds is 1. The minimum absolute atomic E-state index is 0.0785. The maximum Gasteiger partial charge on any atom is 0.357 e. The Bertz CT molecular complexity index is 470. The second-order valence-electron chi connectivity index (χ2n) is 4.59. The van der Waals surface area contributed by atoms with Crippen molar-refractivity contribution in [2.24, 2.45) is 0 Å². The maximum atomic E-state index is 12.2. The molecule has 0 aromatic rings. The second kappa shape index (κ2) is 4.10. The molecule has 2 fully saturated rings. The molecule has 2 saturated heterocycles. The quantitative estimate of drug-likeness (QED) is 0.569. The number of fused-ring (bicyclic) bond motifs is 1. The summed E-state index contributed by atoms with van der Waals surface area (Å²) in [6.07, 6.45) is 3.04. The molecule has 0 saturated carbocycles. The topological polar surface area (TPSA) is 80.8 Å². The number of nitrogens with zero attached hydrogens (tertiary/aromatic N) is 2. The molecule has 96 valence electrons. The van der Waals surface area contributed by atoms with E-state index < -0.39 is 21.7 Å². The fraction of sp³-hybridized carbons (Fsp3) is 0.545. The van der Waals surface area contributed by atoms with Crippen LogP contribution in [-0.4, -0.2) is 56.2 Å². The van der Waals surface area contributed by atoms with Gasteiger partial charge in [-0.1, -0.05) is 0 Å². The van der Waals surface area contributed by atoms with E-state index in [0.29, 0.717) is 13.1 Å². The number of carbonyl (C=O) groups is 3. The third-order valence-corrected chi connectivity index (χ3v) is 4.90. The molecular formula is C11H12N2O4S. The Morgan fingerprint density at radius 1 is 1.33 bits per heavy atom. The summed E-state index contributed by atoms with van der Waals surface area (Å²) in [5.41, 5.74) is 0.228. The van der Waals surface area contributed by atoms with Crippen LogP contribution in [0.5, 0.6) is 0 Å². The molecule has 0 aliphatic carbocycles. The summed E-state index contributed by atoms with van der Waals surface area (Å²) >= 11 is -1.85. The number of carbonyl (C=O) groups excluding carboxylic acids is 3. The molecule has 1 amide bonds. The van der Waals surface area contributed by atoms with Gasteiger partial charge in [-0.3, -0.25) is 9.59 Å². The molecular weight excluding hydrogens is 256 g/mol. The number of likely N-dealkylation sites (tertiary alicyclic amines) is 1. The molecule has 3 rings (SSSR count). The van der Waals surface area contributed by atoms with Crippen LogP contribution >= 0.6 is 0 Å². The Balaban J connectivity index is 1.87. The van der Waals surface area contributed by atoms with Crippen LogP contribution in [0.15, 0.2) is 11.8 Å². The third kappa shape index (κ3) is 1.58. The molecule has 7 heteroatoms. The highest BCUT2D eigenvalue weighted by molar-refractivity contribution is 8.07. The van der Waals surface area contributed by atoms with Crippen LogP contribution in [0, 0.1) is 0 Å². The predicted molar refractivity (Wildman–Crippen MR) is 62.5 cm³/mol. The van der Waals surface area contributed by atoms with Crippen molar-refractivity contribution in [3.05, 3.63) is 11.8 Å². The number of hydrogen-bond donors (Lipinski definition) is 0. The van der Waals surface area contributed by atoms with Gasteiger partial charge in [-0.25, -0.2) is 4.79 Å². The second-order valence-corrected chi connectivity index (χ2v) is 6.04. The van der Waals surface area contributed by atoms with Crippen molar-refractivity contribution in [2.45, 2.75) is 18.2 Å².